The lowest BCUT2D eigenvalue weighted by Crippen LogP contribution is -2.13. The molecule has 1 aromatic heterocycles. The third-order valence-corrected chi connectivity index (χ3v) is 2.88. The first kappa shape index (κ1) is 14.6. The summed E-state index contributed by atoms with van der Waals surface area (Å²) in [5, 5.41) is 15.3. The third kappa shape index (κ3) is 3.82. The molecule has 1 amide bonds. The number of hydrogen-bond acceptors (Lipinski definition) is 4. The van der Waals surface area contributed by atoms with E-state index in [1.54, 1.807) is 0 Å². The minimum atomic E-state index is -0.917. The monoisotopic (exact) mass is 288 g/mol. The molecule has 2 aromatic rings. The van der Waals surface area contributed by atoms with Gasteiger partial charge in [0, 0.05) is 12.8 Å². The highest BCUT2D eigenvalue weighted by Crippen LogP contribution is 2.21. The van der Waals surface area contributed by atoms with Crippen LogP contribution in [0.3, 0.4) is 0 Å². The first-order chi connectivity index (χ1) is 10.1. The van der Waals surface area contributed by atoms with Crippen LogP contribution in [-0.2, 0) is 9.59 Å². The van der Waals surface area contributed by atoms with Crippen molar-refractivity contribution in [3.05, 3.63) is 36.5 Å². The van der Waals surface area contributed by atoms with E-state index in [0.29, 0.717) is 11.5 Å². The maximum Gasteiger partial charge on any atom is 0.303 e. The van der Waals surface area contributed by atoms with E-state index in [-0.39, 0.29) is 25.2 Å². The van der Waals surface area contributed by atoms with Crippen LogP contribution in [0.4, 0.5) is 11.5 Å². The lowest BCUT2D eigenvalue weighted by atomic mass is 10.2. The van der Waals surface area contributed by atoms with Crippen molar-refractivity contribution in [2.45, 2.75) is 19.3 Å². The second kappa shape index (κ2) is 6.56. The van der Waals surface area contributed by atoms with Gasteiger partial charge in [0.25, 0.3) is 0 Å². The molecule has 0 radical (unpaired) electrons. The van der Waals surface area contributed by atoms with E-state index in [0.717, 1.165) is 5.69 Å². The normalized spacial score (nSPS) is 10.3. The molecule has 21 heavy (non-hydrogen) atoms. The Morgan fingerprint density at radius 2 is 1.95 bits per heavy atom. The number of benzene rings is 1. The first-order valence-corrected chi connectivity index (χ1v) is 6.48. The van der Waals surface area contributed by atoms with Crippen LogP contribution >= 0.6 is 0 Å². The number of nitrogens with zero attached hydrogens (tertiary/aromatic N) is 2. The minimum absolute atomic E-state index is 0.0355. The van der Waals surface area contributed by atoms with Gasteiger partial charge < -0.3 is 16.2 Å². The van der Waals surface area contributed by atoms with Gasteiger partial charge in [-0.1, -0.05) is 18.2 Å². The summed E-state index contributed by atoms with van der Waals surface area (Å²) < 4.78 is 1.52. The average Bonchev–Trinajstić information content (AvgIpc) is 2.81. The van der Waals surface area contributed by atoms with Crippen molar-refractivity contribution in [3.8, 4) is 5.69 Å². The van der Waals surface area contributed by atoms with Gasteiger partial charge in [0.15, 0.2) is 5.82 Å². The van der Waals surface area contributed by atoms with Crippen LogP contribution in [0.5, 0.6) is 0 Å². The van der Waals surface area contributed by atoms with E-state index < -0.39 is 5.97 Å². The van der Waals surface area contributed by atoms with Crippen LogP contribution in [0.15, 0.2) is 36.5 Å². The lowest BCUT2D eigenvalue weighted by molar-refractivity contribution is -0.137. The van der Waals surface area contributed by atoms with Gasteiger partial charge in [0.05, 0.1) is 11.9 Å². The van der Waals surface area contributed by atoms with Crippen molar-refractivity contribution in [3.63, 3.8) is 0 Å². The molecule has 7 heteroatoms. The Hall–Kier alpha value is -2.83. The topological polar surface area (TPSA) is 110 Å². The van der Waals surface area contributed by atoms with Crippen molar-refractivity contribution in [1.29, 1.82) is 0 Å². The van der Waals surface area contributed by atoms with Gasteiger partial charge in [-0.2, -0.15) is 5.10 Å². The van der Waals surface area contributed by atoms with E-state index in [2.05, 4.69) is 10.4 Å². The fraction of sp³-hybridized carbons (Fsp3) is 0.214. The summed E-state index contributed by atoms with van der Waals surface area (Å²) >= 11 is 0. The number of nitrogens with one attached hydrogen (secondary N) is 1. The molecule has 0 saturated heterocycles. The minimum Gasteiger partial charge on any atom is -0.481 e. The van der Waals surface area contributed by atoms with Crippen LogP contribution < -0.4 is 11.1 Å². The summed E-state index contributed by atoms with van der Waals surface area (Å²) in [5.41, 5.74) is 7.16. The van der Waals surface area contributed by atoms with Gasteiger partial charge in [-0.05, 0) is 18.6 Å². The Balaban J connectivity index is 2.01. The number of carboxylic acids is 1. The van der Waals surface area contributed by atoms with Crippen molar-refractivity contribution in [1.82, 2.24) is 9.78 Å². The third-order valence-electron chi connectivity index (χ3n) is 2.88. The second-order valence-corrected chi connectivity index (χ2v) is 4.49. The number of rotatable bonds is 6. The molecule has 2 rings (SSSR count). The molecular weight excluding hydrogens is 272 g/mol. The second-order valence-electron chi connectivity index (χ2n) is 4.49. The largest absolute Gasteiger partial charge is 0.481 e. The fourth-order valence-corrected chi connectivity index (χ4v) is 1.84. The summed E-state index contributed by atoms with van der Waals surface area (Å²) in [7, 11) is 0. The number of carbonyl (C=O) groups is 2. The molecule has 0 aliphatic carbocycles. The summed E-state index contributed by atoms with van der Waals surface area (Å²) in [6, 6.07) is 9.30. The number of aromatic nitrogens is 2. The summed E-state index contributed by atoms with van der Waals surface area (Å²) in [5.74, 6) is -0.873. The van der Waals surface area contributed by atoms with Crippen molar-refractivity contribution >= 4 is 23.4 Å². The fourth-order valence-electron chi connectivity index (χ4n) is 1.84. The van der Waals surface area contributed by atoms with Crippen LogP contribution in [0.2, 0.25) is 0 Å². The van der Waals surface area contributed by atoms with Gasteiger partial charge in [-0.25, -0.2) is 4.68 Å². The maximum absolute atomic E-state index is 11.7. The van der Waals surface area contributed by atoms with E-state index in [4.69, 9.17) is 10.8 Å². The van der Waals surface area contributed by atoms with Gasteiger partial charge in [-0.15, -0.1) is 0 Å². The molecule has 0 saturated carbocycles. The van der Waals surface area contributed by atoms with Crippen molar-refractivity contribution in [2.75, 3.05) is 11.1 Å². The number of hydrogen-bond donors (Lipinski definition) is 3. The number of nitrogen functional groups attached to an aromatic ring is 1. The molecule has 0 aliphatic heterocycles. The Morgan fingerprint density at radius 3 is 2.62 bits per heavy atom. The van der Waals surface area contributed by atoms with E-state index in [1.165, 1.54) is 10.9 Å². The number of para-hydroxylation sites is 1. The van der Waals surface area contributed by atoms with E-state index in [1.807, 2.05) is 30.3 Å². The molecule has 0 aliphatic rings. The quantitative estimate of drug-likeness (QED) is 0.748. The first-order valence-electron chi connectivity index (χ1n) is 6.48. The molecule has 7 nitrogen and oxygen atoms in total. The smallest absolute Gasteiger partial charge is 0.303 e. The predicted octanol–water partition coefficient (Wildman–Crippen LogP) is 1.65. The Labute approximate surface area is 121 Å². The van der Waals surface area contributed by atoms with Gasteiger partial charge >= 0.3 is 5.97 Å². The van der Waals surface area contributed by atoms with Crippen LogP contribution in [0.1, 0.15) is 19.3 Å². The molecule has 0 bridgehead atoms. The van der Waals surface area contributed by atoms with Gasteiger partial charge in [0.2, 0.25) is 5.91 Å². The van der Waals surface area contributed by atoms with Crippen LogP contribution in [0, 0.1) is 0 Å². The lowest BCUT2D eigenvalue weighted by Gasteiger charge is -2.06. The molecule has 4 N–H and O–H groups in total. The Kier molecular flexibility index (Phi) is 4.55. The zero-order chi connectivity index (χ0) is 15.2. The maximum atomic E-state index is 11.7. The zero-order valence-corrected chi connectivity index (χ0v) is 11.3. The average molecular weight is 288 g/mol. The number of carbonyl (C=O) groups excluding carboxylic acids is 1. The highest BCUT2D eigenvalue weighted by Gasteiger charge is 2.12. The van der Waals surface area contributed by atoms with Crippen molar-refractivity contribution in [2.24, 2.45) is 0 Å². The summed E-state index contributed by atoms with van der Waals surface area (Å²) in [6.45, 7) is 0. The highest BCUT2D eigenvalue weighted by atomic mass is 16.4. The number of carboxylic acid groups (broad SMARTS) is 1. The molecule has 110 valence electrons. The Bertz CT molecular complexity index is 637. The van der Waals surface area contributed by atoms with Gasteiger partial charge in [-0.3, -0.25) is 9.59 Å². The summed E-state index contributed by atoms with van der Waals surface area (Å²) in [4.78, 5) is 22.1. The van der Waals surface area contributed by atoms with Crippen LogP contribution in [0.25, 0.3) is 5.69 Å². The van der Waals surface area contributed by atoms with E-state index in [9.17, 15) is 9.59 Å². The van der Waals surface area contributed by atoms with E-state index >= 15 is 0 Å². The SMILES string of the molecule is Nc1c(NC(=O)CCCC(=O)O)cnn1-c1ccccc1. The molecular formula is C14H16N4O3. The molecule has 1 aromatic carbocycles. The highest BCUT2D eigenvalue weighted by molar-refractivity contribution is 5.93. The van der Waals surface area contributed by atoms with Crippen LogP contribution in [-0.4, -0.2) is 26.8 Å². The Morgan fingerprint density at radius 1 is 1.24 bits per heavy atom. The van der Waals surface area contributed by atoms with Crippen molar-refractivity contribution < 1.29 is 14.7 Å². The summed E-state index contributed by atoms with van der Waals surface area (Å²) in [6.07, 6.45) is 1.85. The number of nitrogens with two attached hydrogens (primary N) is 1. The zero-order valence-electron chi connectivity index (χ0n) is 11.3. The van der Waals surface area contributed by atoms with Gasteiger partial charge in [0.1, 0.15) is 5.69 Å². The molecule has 0 unspecified atom stereocenters. The molecule has 0 fully saturated rings. The number of amides is 1. The number of anilines is 2. The number of aliphatic carboxylic acids is 1. The molecule has 0 atom stereocenters. The standard InChI is InChI=1S/C14H16N4O3/c15-14-11(17-12(19)7-4-8-13(20)21)9-16-18(14)10-5-2-1-3-6-10/h1-3,5-6,9H,4,7-8,15H2,(H,17,19)(H,20,21). The molecule has 1 heterocycles. The predicted molar refractivity (Wildman–Crippen MR) is 78.1 cm³/mol. The molecule has 0 spiro atoms.